The lowest BCUT2D eigenvalue weighted by Crippen LogP contribution is -2.52. The van der Waals surface area contributed by atoms with Crippen LogP contribution in [0.2, 0.25) is 0 Å². The third kappa shape index (κ3) is 3.05. The van der Waals surface area contributed by atoms with Crippen molar-refractivity contribution < 1.29 is 9.90 Å². The Hall–Kier alpha value is -0.570. The van der Waals surface area contributed by atoms with E-state index < -0.39 is 5.97 Å². The molecule has 3 unspecified atom stereocenters. The summed E-state index contributed by atoms with van der Waals surface area (Å²) in [6.07, 6.45) is 5.48. The van der Waals surface area contributed by atoms with Crippen LogP contribution in [0.1, 0.15) is 52.9 Å². The number of carbonyl (C=O) groups is 1. The highest BCUT2D eigenvalue weighted by Crippen LogP contribution is 2.37. The van der Waals surface area contributed by atoms with Gasteiger partial charge in [0.05, 0.1) is 5.92 Å². The molecule has 0 aromatic rings. The quantitative estimate of drug-likeness (QED) is 0.822. The van der Waals surface area contributed by atoms with Gasteiger partial charge in [-0.1, -0.05) is 20.8 Å². The molecule has 104 valence electrons. The van der Waals surface area contributed by atoms with Crippen molar-refractivity contribution in [1.82, 2.24) is 4.90 Å². The summed E-state index contributed by atoms with van der Waals surface area (Å²) in [7, 11) is 0. The van der Waals surface area contributed by atoms with E-state index >= 15 is 0 Å². The van der Waals surface area contributed by atoms with E-state index in [-0.39, 0.29) is 12.0 Å². The number of carboxylic acids is 1. The Morgan fingerprint density at radius 3 is 2.67 bits per heavy atom. The molecule has 0 bridgehead atoms. The molecule has 1 saturated carbocycles. The van der Waals surface area contributed by atoms with Crippen LogP contribution >= 0.6 is 0 Å². The fourth-order valence-electron chi connectivity index (χ4n) is 3.79. The summed E-state index contributed by atoms with van der Waals surface area (Å²) in [4.78, 5) is 13.9. The molecule has 1 heterocycles. The van der Waals surface area contributed by atoms with Gasteiger partial charge in [0.1, 0.15) is 0 Å². The van der Waals surface area contributed by atoms with Crippen molar-refractivity contribution in [3.05, 3.63) is 0 Å². The lowest BCUT2D eigenvalue weighted by molar-refractivity contribution is -0.147. The zero-order chi connectivity index (χ0) is 13.3. The molecule has 2 fully saturated rings. The van der Waals surface area contributed by atoms with E-state index in [1.807, 2.05) is 0 Å². The monoisotopic (exact) mass is 253 g/mol. The zero-order valence-electron chi connectivity index (χ0n) is 12.0. The second-order valence-electron chi connectivity index (χ2n) is 7.17. The Morgan fingerprint density at radius 2 is 2.06 bits per heavy atom. The Labute approximate surface area is 111 Å². The minimum atomic E-state index is -0.588. The molecule has 0 amide bonds. The Balaban J connectivity index is 2.09. The molecule has 1 N–H and O–H groups in total. The molecule has 0 radical (unpaired) electrons. The highest BCUT2D eigenvalue weighted by atomic mass is 16.4. The van der Waals surface area contributed by atoms with Gasteiger partial charge in [-0.15, -0.1) is 0 Å². The average Bonchev–Trinajstić information content (AvgIpc) is 2.27. The fourth-order valence-corrected chi connectivity index (χ4v) is 3.79. The maximum Gasteiger partial charge on any atom is 0.308 e. The topological polar surface area (TPSA) is 40.5 Å². The van der Waals surface area contributed by atoms with Crippen LogP contribution in [0.5, 0.6) is 0 Å². The van der Waals surface area contributed by atoms with Crippen molar-refractivity contribution in [3.63, 3.8) is 0 Å². The van der Waals surface area contributed by atoms with E-state index in [1.54, 1.807) is 0 Å². The van der Waals surface area contributed by atoms with E-state index in [1.165, 1.54) is 12.8 Å². The lowest BCUT2D eigenvalue weighted by Gasteiger charge is -2.46. The molecule has 1 aliphatic carbocycles. The van der Waals surface area contributed by atoms with Gasteiger partial charge in [-0.25, -0.2) is 0 Å². The van der Waals surface area contributed by atoms with Crippen molar-refractivity contribution in [2.24, 2.45) is 17.3 Å². The van der Waals surface area contributed by atoms with E-state index in [4.69, 9.17) is 0 Å². The molecule has 3 atom stereocenters. The molecule has 1 saturated heterocycles. The summed E-state index contributed by atoms with van der Waals surface area (Å²) in [6.45, 7) is 9.03. The fraction of sp³-hybridized carbons (Fsp3) is 0.933. The summed E-state index contributed by atoms with van der Waals surface area (Å²) in [5.41, 5.74) is 0.349. The lowest BCUT2D eigenvalue weighted by atomic mass is 9.75. The van der Waals surface area contributed by atoms with Gasteiger partial charge < -0.3 is 5.11 Å². The number of hydrogen-bond acceptors (Lipinski definition) is 2. The van der Waals surface area contributed by atoms with Crippen LogP contribution in [-0.4, -0.2) is 35.1 Å². The van der Waals surface area contributed by atoms with Gasteiger partial charge in [-0.05, 0) is 50.0 Å². The first-order valence-electron chi connectivity index (χ1n) is 7.36. The van der Waals surface area contributed by atoms with E-state index in [0.717, 1.165) is 32.4 Å². The van der Waals surface area contributed by atoms with Crippen LogP contribution in [0, 0.1) is 17.3 Å². The number of rotatable bonds is 2. The van der Waals surface area contributed by atoms with Gasteiger partial charge in [0, 0.05) is 12.6 Å². The normalized spacial score (nSPS) is 37.4. The minimum Gasteiger partial charge on any atom is -0.481 e. The predicted octanol–water partition coefficient (Wildman–Crippen LogP) is 3.00. The van der Waals surface area contributed by atoms with Gasteiger partial charge in [-0.3, -0.25) is 9.69 Å². The van der Waals surface area contributed by atoms with Gasteiger partial charge in [-0.2, -0.15) is 0 Å². The first-order chi connectivity index (χ1) is 8.39. The molecule has 3 nitrogen and oxygen atoms in total. The summed E-state index contributed by atoms with van der Waals surface area (Å²) in [6, 6.07) is 0.269. The van der Waals surface area contributed by atoms with Crippen LogP contribution < -0.4 is 0 Å². The first-order valence-corrected chi connectivity index (χ1v) is 7.36. The van der Waals surface area contributed by atoms with Crippen molar-refractivity contribution in [1.29, 1.82) is 0 Å². The summed E-state index contributed by atoms with van der Waals surface area (Å²) >= 11 is 0. The molecule has 3 heteroatoms. The molecular weight excluding hydrogens is 226 g/mol. The number of hydrogen-bond donors (Lipinski definition) is 1. The molecule has 18 heavy (non-hydrogen) atoms. The van der Waals surface area contributed by atoms with E-state index in [0.29, 0.717) is 11.3 Å². The maximum absolute atomic E-state index is 11.4. The Kier molecular flexibility index (Phi) is 4.00. The number of piperidine rings is 1. The Bertz CT molecular complexity index is 314. The molecule has 0 aromatic carbocycles. The number of aliphatic carboxylic acids is 1. The average molecular weight is 253 g/mol. The second kappa shape index (κ2) is 5.20. The maximum atomic E-state index is 11.4. The van der Waals surface area contributed by atoms with Crippen LogP contribution in [0.3, 0.4) is 0 Å². The molecule has 1 aliphatic heterocycles. The van der Waals surface area contributed by atoms with Crippen LogP contribution in [0.25, 0.3) is 0 Å². The van der Waals surface area contributed by atoms with E-state index in [9.17, 15) is 9.90 Å². The number of carboxylic acid groups (broad SMARTS) is 1. The third-order valence-electron chi connectivity index (χ3n) is 4.80. The highest BCUT2D eigenvalue weighted by molar-refractivity contribution is 5.71. The summed E-state index contributed by atoms with van der Waals surface area (Å²) in [5, 5.41) is 9.43. The third-order valence-corrected chi connectivity index (χ3v) is 4.80. The van der Waals surface area contributed by atoms with Gasteiger partial charge in [0.25, 0.3) is 0 Å². The molecule has 2 rings (SSSR count). The molecular formula is C15H27NO2. The summed E-state index contributed by atoms with van der Waals surface area (Å²) < 4.78 is 0. The minimum absolute atomic E-state index is 0.143. The van der Waals surface area contributed by atoms with Crippen molar-refractivity contribution in [3.8, 4) is 0 Å². The van der Waals surface area contributed by atoms with Crippen molar-refractivity contribution in [2.45, 2.75) is 58.9 Å². The number of likely N-dealkylation sites (tertiary alicyclic amines) is 1. The van der Waals surface area contributed by atoms with E-state index in [2.05, 4.69) is 25.7 Å². The Morgan fingerprint density at radius 1 is 1.33 bits per heavy atom. The standard InChI is InChI=1S/C15H27NO2/c1-11-5-6-12(14(17)18)13(9-11)16-8-4-7-15(2,3)10-16/h11-13H,4-10H2,1-3H3,(H,17,18). The molecule has 2 aliphatic rings. The van der Waals surface area contributed by atoms with Crippen molar-refractivity contribution >= 4 is 5.97 Å². The van der Waals surface area contributed by atoms with Gasteiger partial charge in [0.2, 0.25) is 0 Å². The summed E-state index contributed by atoms with van der Waals surface area (Å²) in [5.74, 6) is -0.0546. The zero-order valence-corrected chi connectivity index (χ0v) is 12.0. The second-order valence-corrected chi connectivity index (χ2v) is 7.17. The smallest absolute Gasteiger partial charge is 0.308 e. The van der Waals surface area contributed by atoms with Crippen LogP contribution in [0.15, 0.2) is 0 Å². The predicted molar refractivity (Wildman–Crippen MR) is 72.5 cm³/mol. The van der Waals surface area contributed by atoms with Gasteiger partial charge >= 0.3 is 5.97 Å². The highest BCUT2D eigenvalue weighted by Gasteiger charge is 2.40. The SMILES string of the molecule is CC1CCC(C(=O)O)C(N2CCCC(C)(C)C2)C1. The van der Waals surface area contributed by atoms with Crippen LogP contribution in [0.4, 0.5) is 0 Å². The molecule has 0 spiro atoms. The van der Waals surface area contributed by atoms with Gasteiger partial charge in [0.15, 0.2) is 0 Å². The number of nitrogens with zero attached hydrogens (tertiary/aromatic N) is 1. The first kappa shape index (κ1) is 13.9. The van der Waals surface area contributed by atoms with Crippen molar-refractivity contribution in [2.75, 3.05) is 13.1 Å². The van der Waals surface area contributed by atoms with Crippen LogP contribution in [-0.2, 0) is 4.79 Å². The molecule has 0 aromatic heterocycles. The largest absolute Gasteiger partial charge is 0.481 e.